The number of hydrogen-bond acceptors (Lipinski definition) is 3. The first-order valence-corrected chi connectivity index (χ1v) is 4.91. The Bertz CT molecular complexity index is 342. The Morgan fingerprint density at radius 1 is 1.60 bits per heavy atom. The molecule has 15 heavy (non-hydrogen) atoms. The third-order valence-corrected chi connectivity index (χ3v) is 2.49. The van der Waals surface area contributed by atoms with Crippen molar-refractivity contribution in [2.75, 3.05) is 18.0 Å². The third-order valence-electron chi connectivity index (χ3n) is 2.49. The van der Waals surface area contributed by atoms with Crippen molar-refractivity contribution in [3.8, 4) is 0 Å². The van der Waals surface area contributed by atoms with Gasteiger partial charge in [-0.15, -0.1) is 0 Å². The highest BCUT2D eigenvalue weighted by Gasteiger charge is 2.24. The number of pyridine rings is 1. The summed E-state index contributed by atoms with van der Waals surface area (Å²) >= 11 is 0. The standard InChI is InChI=1S/C10H13N3O2/c14-10(15)12-8-4-6-13(7-8)9-3-1-2-5-11-9/h1-3,5,8,12H,4,6-7H2,(H,14,15). The Morgan fingerprint density at radius 2 is 2.47 bits per heavy atom. The lowest BCUT2D eigenvalue weighted by atomic mass is 10.3. The van der Waals surface area contributed by atoms with Gasteiger partial charge in [-0.2, -0.15) is 0 Å². The zero-order valence-electron chi connectivity index (χ0n) is 8.26. The van der Waals surface area contributed by atoms with Crippen molar-refractivity contribution >= 4 is 11.9 Å². The van der Waals surface area contributed by atoms with Gasteiger partial charge in [0, 0.05) is 19.3 Å². The summed E-state index contributed by atoms with van der Waals surface area (Å²) in [6, 6.07) is 5.75. The van der Waals surface area contributed by atoms with Gasteiger partial charge in [0.15, 0.2) is 0 Å². The molecular weight excluding hydrogens is 194 g/mol. The van der Waals surface area contributed by atoms with Crippen LogP contribution >= 0.6 is 0 Å². The smallest absolute Gasteiger partial charge is 0.404 e. The molecule has 2 N–H and O–H groups in total. The molecule has 2 rings (SSSR count). The van der Waals surface area contributed by atoms with Crippen LogP contribution in [0.1, 0.15) is 6.42 Å². The number of hydrogen-bond donors (Lipinski definition) is 2. The van der Waals surface area contributed by atoms with Crippen LogP contribution in [-0.4, -0.2) is 35.3 Å². The van der Waals surface area contributed by atoms with Crippen molar-refractivity contribution in [3.63, 3.8) is 0 Å². The van der Waals surface area contributed by atoms with Gasteiger partial charge in [-0.3, -0.25) is 0 Å². The van der Waals surface area contributed by atoms with Gasteiger partial charge >= 0.3 is 6.09 Å². The maximum atomic E-state index is 10.5. The first-order chi connectivity index (χ1) is 7.25. The van der Waals surface area contributed by atoms with Crippen molar-refractivity contribution in [1.29, 1.82) is 0 Å². The molecule has 5 nitrogen and oxygen atoms in total. The fourth-order valence-electron chi connectivity index (χ4n) is 1.80. The van der Waals surface area contributed by atoms with E-state index in [0.717, 1.165) is 18.8 Å². The van der Waals surface area contributed by atoms with Gasteiger partial charge in [0.25, 0.3) is 0 Å². The van der Waals surface area contributed by atoms with E-state index in [1.807, 2.05) is 18.2 Å². The minimum absolute atomic E-state index is 0.0181. The van der Waals surface area contributed by atoms with E-state index in [9.17, 15) is 4.79 Å². The van der Waals surface area contributed by atoms with Crippen molar-refractivity contribution in [1.82, 2.24) is 10.3 Å². The summed E-state index contributed by atoms with van der Waals surface area (Å²) in [5, 5.41) is 11.1. The van der Waals surface area contributed by atoms with Crippen LogP contribution < -0.4 is 10.2 Å². The molecule has 0 saturated carbocycles. The van der Waals surface area contributed by atoms with Crippen LogP contribution in [0, 0.1) is 0 Å². The van der Waals surface area contributed by atoms with E-state index >= 15 is 0 Å². The van der Waals surface area contributed by atoms with Gasteiger partial charge in [-0.05, 0) is 18.6 Å². The first-order valence-electron chi connectivity index (χ1n) is 4.91. The number of carbonyl (C=O) groups is 1. The van der Waals surface area contributed by atoms with Crippen LogP contribution in [0.5, 0.6) is 0 Å². The lowest BCUT2D eigenvalue weighted by molar-refractivity contribution is 0.191. The second-order valence-electron chi connectivity index (χ2n) is 3.57. The number of rotatable bonds is 2. The molecule has 1 unspecified atom stereocenters. The molecule has 1 aromatic rings. The molecule has 1 aromatic heterocycles. The molecule has 0 aromatic carbocycles. The number of amides is 1. The fourth-order valence-corrected chi connectivity index (χ4v) is 1.80. The summed E-state index contributed by atoms with van der Waals surface area (Å²) in [7, 11) is 0. The Kier molecular flexibility index (Phi) is 2.71. The van der Waals surface area contributed by atoms with Gasteiger partial charge < -0.3 is 15.3 Å². The van der Waals surface area contributed by atoms with Crippen LogP contribution in [0.3, 0.4) is 0 Å². The first kappa shape index (κ1) is 9.76. The highest BCUT2D eigenvalue weighted by atomic mass is 16.4. The van der Waals surface area contributed by atoms with Crippen molar-refractivity contribution in [2.45, 2.75) is 12.5 Å². The molecule has 0 bridgehead atoms. The summed E-state index contributed by atoms with van der Waals surface area (Å²) in [6.45, 7) is 1.55. The molecule has 0 radical (unpaired) electrons. The average Bonchev–Trinajstić information content (AvgIpc) is 2.67. The number of carboxylic acid groups (broad SMARTS) is 1. The van der Waals surface area contributed by atoms with E-state index in [0.29, 0.717) is 6.54 Å². The molecule has 0 aliphatic carbocycles. The zero-order valence-corrected chi connectivity index (χ0v) is 8.26. The van der Waals surface area contributed by atoms with Crippen LogP contribution in [-0.2, 0) is 0 Å². The Hall–Kier alpha value is -1.78. The third kappa shape index (κ3) is 2.37. The summed E-state index contributed by atoms with van der Waals surface area (Å²) in [4.78, 5) is 16.8. The maximum Gasteiger partial charge on any atom is 0.404 e. The number of nitrogens with zero attached hydrogens (tertiary/aromatic N) is 2. The molecular formula is C10H13N3O2. The molecule has 1 atom stereocenters. The molecule has 80 valence electrons. The van der Waals surface area contributed by atoms with Crippen LogP contribution in [0.15, 0.2) is 24.4 Å². The Labute approximate surface area is 87.7 Å². The van der Waals surface area contributed by atoms with E-state index in [4.69, 9.17) is 5.11 Å². The molecule has 1 fully saturated rings. The maximum absolute atomic E-state index is 10.5. The lowest BCUT2D eigenvalue weighted by Gasteiger charge is -2.16. The second kappa shape index (κ2) is 4.16. The number of nitrogens with one attached hydrogen (secondary N) is 1. The Morgan fingerprint density at radius 3 is 3.13 bits per heavy atom. The normalized spacial score (nSPS) is 20.3. The minimum atomic E-state index is -0.956. The lowest BCUT2D eigenvalue weighted by Crippen LogP contribution is -2.36. The van der Waals surface area contributed by atoms with Crippen molar-refractivity contribution < 1.29 is 9.90 Å². The van der Waals surface area contributed by atoms with Crippen LogP contribution in [0.4, 0.5) is 10.6 Å². The SMILES string of the molecule is O=C(O)NC1CCN(c2ccccn2)C1. The summed E-state index contributed by atoms with van der Waals surface area (Å²) < 4.78 is 0. The number of anilines is 1. The van der Waals surface area contributed by atoms with E-state index in [1.54, 1.807) is 6.20 Å². The van der Waals surface area contributed by atoms with Crippen molar-refractivity contribution in [2.24, 2.45) is 0 Å². The minimum Gasteiger partial charge on any atom is -0.465 e. The molecule has 1 aliphatic rings. The quantitative estimate of drug-likeness (QED) is 0.757. The van der Waals surface area contributed by atoms with E-state index in [1.165, 1.54) is 0 Å². The average molecular weight is 207 g/mol. The molecule has 1 amide bonds. The summed E-state index contributed by atoms with van der Waals surface area (Å²) in [6.07, 6.45) is 1.62. The van der Waals surface area contributed by atoms with Crippen molar-refractivity contribution in [3.05, 3.63) is 24.4 Å². The van der Waals surface area contributed by atoms with Crippen LogP contribution in [0.2, 0.25) is 0 Å². The zero-order chi connectivity index (χ0) is 10.7. The van der Waals surface area contributed by atoms with Gasteiger partial charge in [0.1, 0.15) is 5.82 Å². The monoisotopic (exact) mass is 207 g/mol. The second-order valence-corrected chi connectivity index (χ2v) is 3.57. The van der Waals surface area contributed by atoms with Gasteiger partial charge in [-0.1, -0.05) is 6.07 Å². The fraction of sp³-hybridized carbons (Fsp3) is 0.400. The predicted molar refractivity (Wildman–Crippen MR) is 56.0 cm³/mol. The highest BCUT2D eigenvalue weighted by molar-refractivity contribution is 5.65. The summed E-state index contributed by atoms with van der Waals surface area (Å²) in [5.74, 6) is 0.909. The summed E-state index contributed by atoms with van der Waals surface area (Å²) in [5.41, 5.74) is 0. The van der Waals surface area contributed by atoms with Gasteiger partial charge in [-0.25, -0.2) is 9.78 Å². The van der Waals surface area contributed by atoms with Crippen LogP contribution in [0.25, 0.3) is 0 Å². The topological polar surface area (TPSA) is 65.5 Å². The predicted octanol–water partition coefficient (Wildman–Crippen LogP) is 0.928. The molecule has 1 aliphatic heterocycles. The van der Waals surface area contributed by atoms with Gasteiger partial charge in [0.2, 0.25) is 0 Å². The van der Waals surface area contributed by atoms with E-state index < -0.39 is 6.09 Å². The van der Waals surface area contributed by atoms with E-state index in [2.05, 4.69) is 15.2 Å². The highest BCUT2D eigenvalue weighted by Crippen LogP contribution is 2.16. The molecule has 5 heteroatoms. The van der Waals surface area contributed by atoms with Gasteiger partial charge in [0.05, 0.1) is 6.04 Å². The largest absolute Gasteiger partial charge is 0.465 e. The number of aromatic nitrogens is 1. The molecule has 2 heterocycles. The molecule has 1 saturated heterocycles. The molecule has 0 spiro atoms. The Balaban J connectivity index is 1.96. The van der Waals surface area contributed by atoms with E-state index in [-0.39, 0.29) is 6.04 Å².